The molecule has 4 aliphatic carbocycles. The molecule has 4 fully saturated rings. The molecular formula is C22H29NO3. The van der Waals surface area contributed by atoms with E-state index in [-0.39, 0.29) is 29.9 Å². The van der Waals surface area contributed by atoms with E-state index < -0.39 is 0 Å². The Hall–Kier alpha value is -1.84. The molecule has 4 aliphatic rings. The molecule has 0 spiro atoms. The maximum atomic E-state index is 12.8. The first-order valence-electron chi connectivity index (χ1n) is 9.97. The van der Waals surface area contributed by atoms with E-state index in [1.165, 1.54) is 19.3 Å². The number of esters is 1. The van der Waals surface area contributed by atoms with Crippen molar-refractivity contribution in [3.8, 4) is 0 Å². The van der Waals surface area contributed by atoms with Crippen molar-refractivity contribution in [2.45, 2.75) is 58.4 Å². The van der Waals surface area contributed by atoms with Crippen LogP contribution < -0.4 is 5.32 Å². The Bertz CT molecular complexity index is 676. The third-order valence-electron chi connectivity index (χ3n) is 6.84. The summed E-state index contributed by atoms with van der Waals surface area (Å²) in [5.74, 6) is 1.74. The summed E-state index contributed by atoms with van der Waals surface area (Å²) in [5, 5.41) is 2.95. The first-order chi connectivity index (χ1) is 12.4. The quantitative estimate of drug-likeness (QED) is 0.814. The Balaban J connectivity index is 1.32. The highest BCUT2D eigenvalue weighted by atomic mass is 16.5. The fourth-order valence-corrected chi connectivity index (χ4v) is 6.08. The number of benzene rings is 1. The van der Waals surface area contributed by atoms with Crippen molar-refractivity contribution in [1.82, 2.24) is 5.32 Å². The minimum absolute atomic E-state index is 0.0954. The average Bonchev–Trinajstić information content (AvgIpc) is 2.58. The lowest BCUT2D eigenvalue weighted by Crippen LogP contribution is -2.51. The third kappa shape index (κ3) is 3.26. The Morgan fingerprint density at radius 3 is 2.27 bits per heavy atom. The predicted molar refractivity (Wildman–Crippen MR) is 99.3 cm³/mol. The molecule has 4 saturated carbocycles. The summed E-state index contributed by atoms with van der Waals surface area (Å²) in [7, 11) is 0. The minimum atomic E-state index is -0.295. The van der Waals surface area contributed by atoms with Crippen LogP contribution in [0.25, 0.3) is 0 Å². The zero-order valence-corrected chi connectivity index (χ0v) is 15.8. The summed E-state index contributed by atoms with van der Waals surface area (Å²) in [6.07, 6.45) is 6.79. The normalized spacial score (nSPS) is 32.9. The summed E-state index contributed by atoms with van der Waals surface area (Å²) in [4.78, 5) is 25.1. The number of hydrogen-bond acceptors (Lipinski definition) is 3. The number of ether oxygens (including phenoxy) is 1. The van der Waals surface area contributed by atoms with Crippen molar-refractivity contribution in [3.63, 3.8) is 0 Å². The molecular weight excluding hydrogens is 326 g/mol. The number of nitrogens with one attached hydrogen (secondary N) is 1. The van der Waals surface area contributed by atoms with Crippen molar-refractivity contribution in [3.05, 3.63) is 35.4 Å². The van der Waals surface area contributed by atoms with E-state index in [1.807, 2.05) is 38.1 Å². The van der Waals surface area contributed by atoms with Gasteiger partial charge in [-0.1, -0.05) is 24.3 Å². The van der Waals surface area contributed by atoms with Crippen LogP contribution in [0.2, 0.25) is 0 Å². The van der Waals surface area contributed by atoms with Crippen molar-refractivity contribution >= 4 is 11.9 Å². The van der Waals surface area contributed by atoms with Gasteiger partial charge in [0.05, 0.1) is 11.5 Å². The van der Waals surface area contributed by atoms with Gasteiger partial charge in [0, 0.05) is 0 Å². The highest BCUT2D eigenvalue weighted by Gasteiger charge is 2.55. The third-order valence-corrected chi connectivity index (χ3v) is 6.84. The van der Waals surface area contributed by atoms with Crippen LogP contribution in [0.3, 0.4) is 0 Å². The molecule has 0 radical (unpaired) electrons. The van der Waals surface area contributed by atoms with Gasteiger partial charge >= 0.3 is 5.97 Å². The van der Waals surface area contributed by atoms with Crippen molar-refractivity contribution in [1.29, 1.82) is 0 Å². The molecule has 1 amide bonds. The maximum Gasteiger partial charge on any atom is 0.312 e. The van der Waals surface area contributed by atoms with Crippen LogP contribution in [0.4, 0.5) is 0 Å². The molecule has 0 aliphatic heterocycles. The molecule has 0 aromatic heterocycles. The molecule has 4 heteroatoms. The summed E-state index contributed by atoms with van der Waals surface area (Å²) >= 11 is 0. The number of aryl methyl sites for hydroxylation is 1. The number of rotatable bonds is 5. The first kappa shape index (κ1) is 17.6. The van der Waals surface area contributed by atoms with Gasteiger partial charge in [0.1, 0.15) is 0 Å². The molecule has 0 heterocycles. The number of carbonyl (C=O) groups excluding carboxylic acids is 2. The Labute approximate surface area is 155 Å². The molecule has 5 rings (SSSR count). The maximum absolute atomic E-state index is 12.8. The van der Waals surface area contributed by atoms with Gasteiger partial charge < -0.3 is 10.1 Å². The molecule has 1 atom stereocenters. The zero-order valence-electron chi connectivity index (χ0n) is 15.8. The summed E-state index contributed by atoms with van der Waals surface area (Å²) in [5.41, 5.74) is 1.94. The van der Waals surface area contributed by atoms with E-state index in [4.69, 9.17) is 4.74 Å². The van der Waals surface area contributed by atoms with Crippen LogP contribution >= 0.6 is 0 Å². The van der Waals surface area contributed by atoms with Crippen LogP contribution in [0.1, 0.15) is 62.6 Å². The van der Waals surface area contributed by atoms with E-state index in [9.17, 15) is 9.59 Å². The van der Waals surface area contributed by atoms with E-state index in [2.05, 4.69) is 5.32 Å². The number of carbonyl (C=O) groups is 2. The summed E-state index contributed by atoms with van der Waals surface area (Å²) in [6.45, 7) is 3.82. The second-order valence-electron chi connectivity index (χ2n) is 8.92. The predicted octanol–water partition coefficient (Wildman–Crippen LogP) is 3.93. The van der Waals surface area contributed by atoms with E-state index in [0.29, 0.717) is 17.8 Å². The van der Waals surface area contributed by atoms with Gasteiger partial charge in [0.15, 0.2) is 6.61 Å². The Morgan fingerprint density at radius 2 is 1.69 bits per heavy atom. The SMILES string of the molecule is Cc1ccccc1C(C)NC(=O)COC(=O)C12CC3CC(CC(C3)C1)C2. The Morgan fingerprint density at radius 1 is 1.12 bits per heavy atom. The van der Waals surface area contributed by atoms with Crippen molar-refractivity contribution in [2.24, 2.45) is 23.2 Å². The smallest absolute Gasteiger partial charge is 0.312 e. The van der Waals surface area contributed by atoms with E-state index in [0.717, 1.165) is 30.4 Å². The van der Waals surface area contributed by atoms with Crippen LogP contribution in [0.15, 0.2) is 24.3 Å². The molecule has 1 aromatic rings. The van der Waals surface area contributed by atoms with Gasteiger partial charge in [-0.05, 0) is 81.3 Å². The molecule has 26 heavy (non-hydrogen) atoms. The zero-order chi connectivity index (χ0) is 18.3. The van der Waals surface area contributed by atoms with Crippen LogP contribution in [-0.4, -0.2) is 18.5 Å². The Kier molecular flexibility index (Phi) is 4.54. The first-order valence-corrected chi connectivity index (χ1v) is 9.97. The topological polar surface area (TPSA) is 55.4 Å². The van der Waals surface area contributed by atoms with Gasteiger partial charge in [-0.2, -0.15) is 0 Å². The molecule has 0 saturated heterocycles. The van der Waals surface area contributed by atoms with Crippen LogP contribution in [0, 0.1) is 30.1 Å². The standard InChI is InChI=1S/C22H29NO3/c1-14-5-3-4-6-19(14)15(2)23-20(24)13-26-21(25)22-10-16-7-17(11-22)9-18(8-16)12-22/h3-6,15-18H,7-13H2,1-2H3,(H,23,24). The second-order valence-corrected chi connectivity index (χ2v) is 8.92. The molecule has 140 valence electrons. The minimum Gasteiger partial charge on any atom is -0.455 e. The highest BCUT2D eigenvalue weighted by molar-refractivity contribution is 5.83. The molecule has 1 N–H and O–H groups in total. The molecule has 4 bridgehead atoms. The number of amides is 1. The summed E-state index contributed by atoms with van der Waals surface area (Å²) < 4.78 is 5.50. The fourth-order valence-electron chi connectivity index (χ4n) is 6.08. The average molecular weight is 355 g/mol. The largest absolute Gasteiger partial charge is 0.455 e. The van der Waals surface area contributed by atoms with Crippen molar-refractivity contribution in [2.75, 3.05) is 6.61 Å². The number of hydrogen-bond donors (Lipinski definition) is 1. The molecule has 1 aromatic carbocycles. The lowest BCUT2D eigenvalue weighted by Gasteiger charge is -2.55. The fraction of sp³-hybridized carbons (Fsp3) is 0.636. The van der Waals surface area contributed by atoms with Gasteiger partial charge in [0.25, 0.3) is 5.91 Å². The van der Waals surface area contributed by atoms with Gasteiger partial charge in [0.2, 0.25) is 0 Å². The van der Waals surface area contributed by atoms with Gasteiger partial charge in [-0.15, -0.1) is 0 Å². The van der Waals surface area contributed by atoms with E-state index >= 15 is 0 Å². The summed E-state index contributed by atoms with van der Waals surface area (Å²) in [6, 6.07) is 7.91. The van der Waals surface area contributed by atoms with Gasteiger partial charge in [-0.3, -0.25) is 9.59 Å². The molecule has 1 unspecified atom stereocenters. The van der Waals surface area contributed by atoms with Gasteiger partial charge in [-0.25, -0.2) is 0 Å². The second kappa shape index (κ2) is 6.71. The van der Waals surface area contributed by atoms with Crippen molar-refractivity contribution < 1.29 is 14.3 Å². The van der Waals surface area contributed by atoms with E-state index in [1.54, 1.807) is 0 Å². The van der Waals surface area contributed by atoms with Crippen LogP contribution in [0.5, 0.6) is 0 Å². The molecule has 4 nitrogen and oxygen atoms in total. The van der Waals surface area contributed by atoms with Crippen LogP contribution in [-0.2, 0) is 14.3 Å². The lowest BCUT2D eigenvalue weighted by molar-refractivity contribution is -0.173. The highest BCUT2D eigenvalue weighted by Crippen LogP contribution is 2.60. The monoisotopic (exact) mass is 355 g/mol. The lowest BCUT2D eigenvalue weighted by atomic mass is 9.49.